The number of pyridine rings is 1. The molecule has 1 fully saturated rings. The third-order valence-corrected chi connectivity index (χ3v) is 6.68. The molecule has 1 saturated heterocycles. The summed E-state index contributed by atoms with van der Waals surface area (Å²) in [4.78, 5) is 24.1. The van der Waals surface area contributed by atoms with E-state index >= 15 is 0 Å². The number of aromatic nitrogens is 1. The van der Waals surface area contributed by atoms with Gasteiger partial charge in [-0.05, 0) is 47.5 Å². The van der Waals surface area contributed by atoms with Crippen molar-refractivity contribution in [3.63, 3.8) is 0 Å². The van der Waals surface area contributed by atoms with Crippen LogP contribution in [0.1, 0.15) is 22.4 Å². The maximum absolute atomic E-state index is 13.5. The second-order valence-corrected chi connectivity index (χ2v) is 9.29. The smallest absolute Gasteiger partial charge is 0.227 e. The summed E-state index contributed by atoms with van der Waals surface area (Å²) in [6, 6.07) is 18.6. The number of carbonyl (C=O) groups excluding carboxylic acids is 1. The van der Waals surface area contributed by atoms with Crippen molar-refractivity contribution in [1.29, 1.82) is 0 Å². The molecule has 7 heteroatoms. The summed E-state index contributed by atoms with van der Waals surface area (Å²) in [5.41, 5.74) is 4.06. The molecule has 0 radical (unpaired) electrons. The highest BCUT2D eigenvalue weighted by Crippen LogP contribution is 2.26. The van der Waals surface area contributed by atoms with Crippen molar-refractivity contribution in [2.75, 3.05) is 39.3 Å². The molecule has 0 aliphatic carbocycles. The Morgan fingerprint density at radius 1 is 0.886 bits per heavy atom. The Kier molecular flexibility index (Phi) is 7.35. The molecule has 0 saturated carbocycles. The van der Waals surface area contributed by atoms with Crippen LogP contribution in [0, 0.1) is 5.82 Å². The molecule has 6 nitrogen and oxygen atoms in total. The maximum Gasteiger partial charge on any atom is 0.227 e. The van der Waals surface area contributed by atoms with E-state index in [1.807, 2.05) is 29.3 Å². The van der Waals surface area contributed by atoms with Crippen molar-refractivity contribution in [3.05, 3.63) is 95.1 Å². The van der Waals surface area contributed by atoms with Gasteiger partial charge in [0, 0.05) is 57.6 Å². The molecule has 1 amide bonds. The van der Waals surface area contributed by atoms with Crippen molar-refractivity contribution in [2.24, 2.45) is 0 Å². The number of nitrogens with zero attached hydrogens (tertiary/aromatic N) is 4. The molecular formula is C28H31FN4O2. The SMILES string of the molecule is O=C(Cc1cccc(F)c1)N1CCOc2ccc(CN3CCN(Cc4ccccn4)CC3)cc2C1. The van der Waals surface area contributed by atoms with Gasteiger partial charge in [0.2, 0.25) is 5.91 Å². The number of carbonyl (C=O) groups is 1. The maximum atomic E-state index is 13.5. The number of hydrogen-bond acceptors (Lipinski definition) is 5. The second kappa shape index (κ2) is 11.0. The van der Waals surface area contributed by atoms with Gasteiger partial charge in [-0.15, -0.1) is 0 Å². The number of piperazine rings is 1. The molecule has 1 aromatic heterocycles. The predicted molar refractivity (Wildman–Crippen MR) is 132 cm³/mol. The van der Waals surface area contributed by atoms with Crippen LogP contribution in [0.3, 0.4) is 0 Å². The quantitative estimate of drug-likeness (QED) is 0.547. The monoisotopic (exact) mass is 474 g/mol. The Morgan fingerprint density at radius 2 is 1.71 bits per heavy atom. The largest absolute Gasteiger partial charge is 0.491 e. The number of amides is 1. The summed E-state index contributed by atoms with van der Waals surface area (Å²) in [7, 11) is 0. The molecule has 2 aliphatic heterocycles. The third kappa shape index (κ3) is 6.24. The van der Waals surface area contributed by atoms with Crippen LogP contribution >= 0.6 is 0 Å². The molecule has 5 rings (SSSR count). The van der Waals surface area contributed by atoms with Gasteiger partial charge in [-0.1, -0.05) is 24.3 Å². The number of rotatable bonds is 6. The highest BCUT2D eigenvalue weighted by Gasteiger charge is 2.22. The van der Waals surface area contributed by atoms with Crippen LogP contribution < -0.4 is 4.74 Å². The Bertz CT molecular complexity index is 1150. The van der Waals surface area contributed by atoms with E-state index in [1.54, 1.807) is 12.1 Å². The van der Waals surface area contributed by atoms with Crippen LogP contribution in [0.25, 0.3) is 0 Å². The summed E-state index contributed by atoms with van der Waals surface area (Å²) in [6.45, 7) is 7.33. The van der Waals surface area contributed by atoms with Gasteiger partial charge in [0.05, 0.1) is 18.7 Å². The first-order chi connectivity index (χ1) is 17.1. The van der Waals surface area contributed by atoms with Gasteiger partial charge in [-0.25, -0.2) is 4.39 Å². The predicted octanol–water partition coefficient (Wildman–Crippen LogP) is 3.50. The Morgan fingerprint density at radius 3 is 2.49 bits per heavy atom. The van der Waals surface area contributed by atoms with Crippen LogP contribution in [-0.4, -0.2) is 64.9 Å². The van der Waals surface area contributed by atoms with Crippen molar-refractivity contribution >= 4 is 5.91 Å². The van der Waals surface area contributed by atoms with Crippen LogP contribution in [0.15, 0.2) is 66.9 Å². The molecule has 0 N–H and O–H groups in total. The molecule has 2 aliphatic rings. The summed E-state index contributed by atoms with van der Waals surface area (Å²) < 4.78 is 19.5. The zero-order valence-electron chi connectivity index (χ0n) is 19.9. The summed E-state index contributed by atoms with van der Waals surface area (Å²) in [6.07, 6.45) is 2.04. The number of hydrogen-bond donors (Lipinski definition) is 0. The van der Waals surface area contributed by atoms with Gasteiger partial charge in [-0.2, -0.15) is 0 Å². The van der Waals surface area contributed by atoms with E-state index in [2.05, 4.69) is 33.0 Å². The number of fused-ring (bicyclic) bond motifs is 1. The fourth-order valence-electron chi connectivity index (χ4n) is 4.78. The lowest BCUT2D eigenvalue weighted by Crippen LogP contribution is -2.45. The Balaban J connectivity index is 1.18. The molecular weight excluding hydrogens is 443 g/mol. The van der Waals surface area contributed by atoms with Crippen molar-refractivity contribution in [2.45, 2.75) is 26.1 Å². The van der Waals surface area contributed by atoms with E-state index in [1.165, 1.54) is 17.7 Å². The van der Waals surface area contributed by atoms with Gasteiger partial charge < -0.3 is 9.64 Å². The van der Waals surface area contributed by atoms with Crippen LogP contribution in [0.4, 0.5) is 4.39 Å². The lowest BCUT2D eigenvalue weighted by Gasteiger charge is -2.34. The fraction of sp³-hybridized carbons (Fsp3) is 0.357. The van der Waals surface area contributed by atoms with Crippen molar-refractivity contribution in [3.8, 4) is 5.75 Å². The second-order valence-electron chi connectivity index (χ2n) is 9.29. The summed E-state index contributed by atoms with van der Waals surface area (Å²) in [5.74, 6) is 0.513. The normalized spacial score (nSPS) is 16.9. The van der Waals surface area contributed by atoms with E-state index in [0.29, 0.717) is 25.3 Å². The Hall–Kier alpha value is -3.29. The first-order valence-corrected chi connectivity index (χ1v) is 12.2. The zero-order valence-corrected chi connectivity index (χ0v) is 19.9. The number of ether oxygens (including phenoxy) is 1. The average Bonchev–Trinajstić information content (AvgIpc) is 3.08. The molecule has 3 heterocycles. The topological polar surface area (TPSA) is 48.9 Å². The van der Waals surface area contributed by atoms with Gasteiger partial charge in [-0.3, -0.25) is 19.6 Å². The highest BCUT2D eigenvalue weighted by molar-refractivity contribution is 5.79. The van der Waals surface area contributed by atoms with Crippen LogP contribution in [0.2, 0.25) is 0 Å². The minimum absolute atomic E-state index is 0.0125. The fourth-order valence-corrected chi connectivity index (χ4v) is 4.78. The van der Waals surface area contributed by atoms with Gasteiger partial charge >= 0.3 is 0 Å². The standard InChI is InChI=1S/C28H31FN4O2/c29-25-5-3-4-22(17-25)18-28(34)33-14-15-35-27-8-7-23(16-24(27)20-33)19-31-10-12-32(13-11-31)21-26-6-1-2-9-30-26/h1-9,16-17H,10-15,18-21H2. The highest BCUT2D eigenvalue weighted by atomic mass is 19.1. The zero-order chi connectivity index (χ0) is 24.0. The van der Waals surface area contributed by atoms with Crippen molar-refractivity contribution < 1.29 is 13.9 Å². The van der Waals surface area contributed by atoms with E-state index in [-0.39, 0.29) is 18.1 Å². The number of benzene rings is 2. The number of halogens is 1. The molecule has 0 bridgehead atoms. The molecule has 182 valence electrons. The van der Waals surface area contributed by atoms with Gasteiger partial charge in [0.15, 0.2) is 0 Å². The molecule has 0 spiro atoms. The van der Waals surface area contributed by atoms with Gasteiger partial charge in [0.25, 0.3) is 0 Å². The van der Waals surface area contributed by atoms with Crippen molar-refractivity contribution in [1.82, 2.24) is 19.7 Å². The summed E-state index contributed by atoms with van der Waals surface area (Å²) in [5, 5.41) is 0. The molecule has 0 unspecified atom stereocenters. The van der Waals surface area contributed by atoms with Gasteiger partial charge in [0.1, 0.15) is 18.2 Å². The molecule has 35 heavy (non-hydrogen) atoms. The van der Waals surface area contributed by atoms with E-state index in [4.69, 9.17) is 4.74 Å². The molecule has 0 atom stereocenters. The summed E-state index contributed by atoms with van der Waals surface area (Å²) >= 11 is 0. The molecule has 3 aromatic rings. The first kappa shape index (κ1) is 23.5. The minimum atomic E-state index is -0.318. The minimum Gasteiger partial charge on any atom is -0.491 e. The Labute approximate surface area is 205 Å². The van der Waals surface area contributed by atoms with E-state index < -0.39 is 0 Å². The first-order valence-electron chi connectivity index (χ1n) is 12.2. The third-order valence-electron chi connectivity index (χ3n) is 6.68. The van der Waals surface area contributed by atoms with E-state index in [9.17, 15) is 9.18 Å². The van der Waals surface area contributed by atoms with Crippen LogP contribution in [-0.2, 0) is 30.8 Å². The lowest BCUT2D eigenvalue weighted by molar-refractivity contribution is -0.131. The van der Waals surface area contributed by atoms with Crippen LogP contribution in [0.5, 0.6) is 5.75 Å². The molecule has 2 aromatic carbocycles. The average molecular weight is 475 g/mol. The lowest BCUT2D eigenvalue weighted by atomic mass is 10.1. The van der Waals surface area contributed by atoms with E-state index in [0.717, 1.165) is 56.3 Å².